The van der Waals surface area contributed by atoms with Crippen LogP contribution in [0, 0.1) is 0 Å². The summed E-state index contributed by atoms with van der Waals surface area (Å²) in [7, 11) is -3.50. The van der Waals surface area contributed by atoms with Gasteiger partial charge in [-0.05, 0) is 57.1 Å². The number of hydrogen-bond acceptors (Lipinski definition) is 5. The fourth-order valence-corrected chi connectivity index (χ4v) is 3.98. The molecule has 1 aromatic rings. The van der Waals surface area contributed by atoms with Crippen molar-refractivity contribution < 1.29 is 17.9 Å². The first-order chi connectivity index (χ1) is 10.4. The average molecular weight is 326 g/mol. The van der Waals surface area contributed by atoms with E-state index >= 15 is 0 Å². The van der Waals surface area contributed by atoms with Gasteiger partial charge in [-0.25, -0.2) is 8.42 Å². The van der Waals surface area contributed by atoms with Gasteiger partial charge in [0.15, 0.2) is 14.6 Å². The molecule has 1 aliphatic heterocycles. The van der Waals surface area contributed by atoms with Crippen LogP contribution >= 0.6 is 0 Å². The fourth-order valence-electron chi connectivity index (χ4n) is 2.64. The number of amides is 1. The molecule has 0 spiro atoms. The Bertz CT molecular complexity index is 619. The normalized spacial score (nSPS) is 17.7. The first kappa shape index (κ1) is 16.8. The largest absolute Gasteiger partial charge is 0.494 e. The summed E-state index contributed by atoms with van der Waals surface area (Å²) in [4.78, 5) is 12.6. The summed E-state index contributed by atoms with van der Waals surface area (Å²) in [5.74, 6) is 0.251. The molecule has 22 heavy (non-hydrogen) atoms. The Hall–Kier alpha value is -1.60. The summed E-state index contributed by atoms with van der Waals surface area (Å²) in [6, 6.07) is 6.91. The Labute approximate surface area is 131 Å². The number of rotatable bonds is 5. The predicted octanol–water partition coefficient (Wildman–Crippen LogP) is 1.19. The van der Waals surface area contributed by atoms with Gasteiger partial charge in [-0.2, -0.15) is 0 Å². The molecule has 6 nitrogen and oxygen atoms in total. The molecule has 1 aromatic carbocycles. The minimum Gasteiger partial charge on any atom is -0.494 e. The summed E-state index contributed by atoms with van der Waals surface area (Å²) >= 11 is 0. The molecule has 0 bridgehead atoms. The van der Waals surface area contributed by atoms with Crippen molar-refractivity contribution in [1.29, 1.82) is 0 Å². The van der Waals surface area contributed by atoms with Gasteiger partial charge in [0.25, 0.3) is 0 Å². The second-order valence-corrected chi connectivity index (χ2v) is 7.75. The van der Waals surface area contributed by atoms with Crippen LogP contribution in [-0.2, 0) is 14.6 Å². The van der Waals surface area contributed by atoms with Crippen LogP contribution in [0.25, 0.3) is 0 Å². The SMILES string of the molecule is CCOc1ccc(NC(=O)C2(S(C)(=O)=O)CCNCC2)cc1. The van der Waals surface area contributed by atoms with E-state index in [0.717, 1.165) is 6.26 Å². The lowest BCUT2D eigenvalue weighted by molar-refractivity contribution is -0.119. The van der Waals surface area contributed by atoms with E-state index in [1.54, 1.807) is 24.3 Å². The molecule has 1 heterocycles. The number of piperidine rings is 1. The minimum atomic E-state index is -3.50. The second kappa shape index (κ2) is 6.66. The summed E-state index contributed by atoms with van der Waals surface area (Å²) < 4.78 is 28.3. The van der Waals surface area contributed by atoms with Crippen LogP contribution in [0.1, 0.15) is 19.8 Å². The third-order valence-corrected chi connectivity index (χ3v) is 5.97. The van der Waals surface area contributed by atoms with Crippen molar-refractivity contribution in [2.45, 2.75) is 24.5 Å². The highest BCUT2D eigenvalue weighted by atomic mass is 32.2. The topological polar surface area (TPSA) is 84.5 Å². The van der Waals surface area contributed by atoms with Crippen molar-refractivity contribution in [2.24, 2.45) is 0 Å². The van der Waals surface area contributed by atoms with Crippen molar-refractivity contribution in [2.75, 3.05) is 31.3 Å². The lowest BCUT2D eigenvalue weighted by Gasteiger charge is -2.34. The fraction of sp³-hybridized carbons (Fsp3) is 0.533. The predicted molar refractivity (Wildman–Crippen MR) is 85.9 cm³/mol. The lowest BCUT2D eigenvalue weighted by atomic mass is 9.95. The van der Waals surface area contributed by atoms with E-state index in [-0.39, 0.29) is 12.8 Å². The molecule has 0 unspecified atom stereocenters. The standard InChI is InChI=1S/C15H22N2O4S/c1-3-21-13-6-4-12(5-7-13)17-14(18)15(22(2,19)20)8-10-16-11-9-15/h4-7,16H,3,8-11H2,1-2H3,(H,17,18). The Morgan fingerprint density at radius 2 is 1.86 bits per heavy atom. The minimum absolute atomic E-state index is 0.286. The van der Waals surface area contributed by atoms with E-state index < -0.39 is 20.5 Å². The van der Waals surface area contributed by atoms with Gasteiger partial charge in [-0.3, -0.25) is 4.79 Å². The number of carbonyl (C=O) groups is 1. The molecule has 0 aromatic heterocycles. The van der Waals surface area contributed by atoms with E-state index in [1.807, 2.05) is 6.92 Å². The number of ether oxygens (including phenoxy) is 1. The maximum Gasteiger partial charge on any atom is 0.245 e. The van der Waals surface area contributed by atoms with Crippen molar-refractivity contribution in [1.82, 2.24) is 5.32 Å². The number of benzene rings is 1. The van der Waals surface area contributed by atoms with Crippen LogP contribution in [0.15, 0.2) is 24.3 Å². The molecular weight excluding hydrogens is 304 g/mol. The van der Waals surface area contributed by atoms with Crippen molar-refractivity contribution >= 4 is 21.4 Å². The third-order valence-electron chi connectivity index (χ3n) is 3.96. The number of hydrogen-bond donors (Lipinski definition) is 2. The van der Waals surface area contributed by atoms with Gasteiger partial charge in [0.05, 0.1) is 6.61 Å². The highest BCUT2D eigenvalue weighted by molar-refractivity contribution is 7.92. The zero-order chi connectivity index (χ0) is 16.2. The quantitative estimate of drug-likeness (QED) is 0.849. The molecule has 0 radical (unpaired) electrons. The zero-order valence-electron chi connectivity index (χ0n) is 12.9. The van der Waals surface area contributed by atoms with Gasteiger partial charge in [0.2, 0.25) is 5.91 Å². The molecule has 122 valence electrons. The zero-order valence-corrected chi connectivity index (χ0v) is 13.7. The van der Waals surface area contributed by atoms with Gasteiger partial charge in [0, 0.05) is 11.9 Å². The molecule has 2 N–H and O–H groups in total. The van der Waals surface area contributed by atoms with Gasteiger partial charge in [0.1, 0.15) is 5.75 Å². The van der Waals surface area contributed by atoms with Crippen LogP contribution < -0.4 is 15.4 Å². The van der Waals surface area contributed by atoms with Crippen LogP contribution in [-0.4, -0.2) is 45.0 Å². The summed E-state index contributed by atoms with van der Waals surface area (Å²) in [5, 5.41) is 5.82. The molecular formula is C15H22N2O4S. The van der Waals surface area contributed by atoms with Gasteiger partial charge < -0.3 is 15.4 Å². The van der Waals surface area contributed by atoms with E-state index in [4.69, 9.17) is 4.74 Å². The maximum absolute atomic E-state index is 12.6. The molecule has 2 rings (SSSR count). The molecule has 7 heteroatoms. The first-order valence-corrected chi connectivity index (χ1v) is 9.23. The van der Waals surface area contributed by atoms with E-state index in [0.29, 0.717) is 31.1 Å². The third kappa shape index (κ3) is 3.41. The van der Waals surface area contributed by atoms with Crippen molar-refractivity contribution in [3.05, 3.63) is 24.3 Å². The molecule has 1 fully saturated rings. The van der Waals surface area contributed by atoms with Crippen molar-refractivity contribution in [3.63, 3.8) is 0 Å². The van der Waals surface area contributed by atoms with Gasteiger partial charge >= 0.3 is 0 Å². The molecule has 1 saturated heterocycles. The summed E-state index contributed by atoms with van der Waals surface area (Å²) in [6.45, 7) is 3.49. The Morgan fingerprint density at radius 3 is 2.36 bits per heavy atom. The highest BCUT2D eigenvalue weighted by Crippen LogP contribution is 2.29. The smallest absolute Gasteiger partial charge is 0.245 e. The number of sulfone groups is 1. The molecule has 1 aliphatic rings. The molecule has 0 saturated carbocycles. The van der Waals surface area contributed by atoms with Crippen LogP contribution in [0.2, 0.25) is 0 Å². The Morgan fingerprint density at radius 1 is 1.27 bits per heavy atom. The highest BCUT2D eigenvalue weighted by Gasteiger charge is 2.48. The Balaban J connectivity index is 2.18. The van der Waals surface area contributed by atoms with Gasteiger partial charge in [-0.15, -0.1) is 0 Å². The number of anilines is 1. The number of carbonyl (C=O) groups excluding carboxylic acids is 1. The molecule has 1 amide bonds. The van der Waals surface area contributed by atoms with E-state index in [9.17, 15) is 13.2 Å². The van der Waals surface area contributed by atoms with Crippen molar-refractivity contribution in [3.8, 4) is 5.75 Å². The second-order valence-electron chi connectivity index (χ2n) is 5.43. The Kier molecular flexibility index (Phi) is 5.08. The van der Waals surface area contributed by atoms with Crippen LogP contribution in [0.5, 0.6) is 5.75 Å². The van der Waals surface area contributed by atoms with Gasteiger partial charge in [-0.1, -0.05) is 0 Å². The van der Waals surface area contributed by atoms with Crippen LogP contribution in [0.4, 0.5) is 5.69 Å². The summed E-state index contributed by atoms with van der Waals surface area (Å²) in [6.07, 6.45) is 1.71. The lowest BCUT2D eigenvalue weighted by Crippen LogP contribution is -2.55. The number of nitrogens with one attached hydrogen (secondary N) is 2. The maximum atomic E-state index is 12.6. The van der Waals surface area contributed by atoms with E-state index in [2.05, 4.69) is 10.6 Å². The molecule has 0 atom stereocenters. The first-order valence-electron chi connectivity index (χ1n) is 7.34. The molecule has 0 aliphatic carbocycles. The summed E-state index contributed by atoms with van der Waals surface area (Å²) in [5.41, 5.74) is 0.565. The van der Waals surface area contributed by atoms with Crippen LogP contribution in [0.3, 0.4) is 0 Å². The monoisotopic (exact) mass is 326 g/mol. The average Bonchev–Trinajstić information content (AvgIpc) is 2.49. The van der Waals surface area contributed by atoms with E-state index in [1.165, 1.54) is 0 Å².